The molecule has 90 valence electrons. The fourth-order valence-corrected chi connectivity index (χ4v) is 3.09. The predicted octanol–water partition coefficient (Wildman–Crippen LogP) is 5.34. The summed E-state index contributed by atoms with van der Waals surface area (Å²) in [5, 5.41) is 0.815. The van der Waals surface area contributed by atoms with Crippen molar-refractivity contribution < 1.29 is 4.42 Å². The van der Waals surface area contributed by atoms with E-state index in [4.69, 9.17) is 16.0 Å². The highest BCUT2D eigenvalue weighted by Crippen LogP contribution is 2.36. The van der Waals surface area contributed by atoms with E-state index in [2.05, 4.69) is 28.9 Å². The number of hydrogen-bond donors (Lipinski definition) is 0. The molecule has 1 heterocycles. The molecule has 0 aliphatic heterocycles. The van der Waals surface area contributed by atoms with Crippen LogP contribution in [0.4, 0.5) is 0 Å². The van der Waals surface area contributed by atoms with Crippen LogP contribution in [0.5, 0.6) is 0 Å². The monoisotopic (exact) mass is 312 g/mol. The molecule has 0 aliphatic rings. The van der Waals surface area contributed by atoms with E-state index in [0.717, 1.165) is 21.9 Å². The van der Waals surface area contributed by atoms with Gasteiger partial charge in [0.05, 0.1) is 11.1 Å². The molecular weight excluding hydrogens is 300 g/mol. The molecule has 1 unspecified atom stereocenters. The van der Waals surface area contributed by atoms with Crippen molar-refractivity contribution in [3.05, 3.63) is 57.5 Å². The first-order valence-electron chi connectivity index (χ1n) is 5.45. The maximum atomic E-state index is 6.11. The Morgan fingerprint density at radius 2 is 1.82 bits per heavy atom. The molecule has 0 saturated carbocycles. The summed E-state index contributed by atoms with van der Waals surface area (Å²) in [6.07, 6.45) is 1.72. The van der Waals surface area contributed by atoms with E-state index in [0.29, 0.717) is 0 Å². The quantitative estimate of drug-likeness (QED) is 0.682. The Morgan fingerprint density at radius 3 is 2.41 bits per heavy atom. The third kappa shape index (κ3) is 2.43. The van der Waals surface area contributed by atoms with Gasteiger partial charge in [-0.15, -0.1) is 0 Å². The topological polar surface area (TPSA) is 13.1 Å². The third-order valence-electron chi connectivity index (χ3n) is 2.99. The maximum absolute atomic E-state index is 6.11. The highest BCUT2D eigenvalue weighted by atomic mass is 79.9. The SMILES string of the molecule is Cc1cc(C(Br)c2ccoc2C)c(C)cc1Cl. The molecule has 17 heavy (non-hydrogen) atoms. The van der Waals surface area contributed by atoms with E-state index in [9.17, 15) is 0 Å². The predicted molar refractivity (Wildman–Crippen MR) is 75.1 cm³/mol. The Kier molecular flexibility index (Phi) is 3.64. The summed E-state index contributed by atoms with van der Waals surface area (Å²) in [6, 6.07) is 6.14. The van der Waals surface area contributed by atoms with Gasteiger partial charge in [0.1, 0.15) is 5.76 Å². The van der Waals surface area contributed by atoms with Gasteiger partial charge in [0.2, 0.25) is 0 Å². The summed E-state index contributed by atoms with van der Waals surface area (Å²) in [4.78, 5) is 0.150. The summed E-state index contributed by atoms with van der Waals surface area (Å²) in [5.74, 6) is 0.943. The first-order chi connectivity index (χ1) is 8.00. The van der Waals surface area contributed by atoms with Crippen LogP contribution in [0.1, 0.15) is 32.8 Å². The number of benzene rings is 1. The van der Waals surface area contributed by atoms with E-state index >= 15 is 0 Å². The number of rotatable bonds is 2. The Labute approximate surface area is 115 Å². The highest BCUT2D eigenvalue weighted by molar-refractivity contribution is 9.09. The lowest BCUT2D eigenvalue weighted by Gasteiger charge is -2.14. The van der Waals surface area contributed by atoms with Crippen LogP contribution >= 0.6 is 27.5 Å². The highest BCUT2D eigenvalue weighted by Gasteiger charge is 2.17. The molecule has 1 atom stereocenters. The lowest BCUT2D eigenvalue weighted by atomic mass is 9.99. The van der Waals surface area contributed by atoms with Gasteiger partial charge in [-0.1, -0.05) is 33.6 Å². The maximum Gasteiger partial charge on any atom is 0.105 e. The van der Waals surface area contributed by atoms with Gasteiger partial charge < -0.3 is 4.42 Å². The Morgan fingerprint density at radius 1 is 1.12 bits per heavy atom. The lowest BCUT2D eigenvalue weighted by Crippen LogP contribution is -1.97. The van der Waals surface area contributed by atoms with E-state index in [1.807, 2.05) is 26.0 Å². The number of alkyl halides is 1. The van der Waals surface area contributed by atoms with Crippen molar-refractivity contribution in [2.75, 3.05) is 0 Å². The number of furan rings is 1. The van der Waals surface area contributed by atoms with Crippen LogP contribution in [0, 0.1) is 20.8 Å². The molecule has 0 bridgehead atoms. The molecule has 0 amide bonds. The number of hydrogen-bond acceptors (Lipinski definition) is 1. The fourth-order valence-electron chi connectivity index (χ4n) is 1.90. The van der Waals surface area contributed by atoms with Crippen LogP contribution in [0.15, 0.2) is 28.9 Å². The van der Waals surface area contributed by atoms with Crippen molar-refractivity contribution in [3.63, 3.8) is 0 Å². The molecule has 1 aromatic carbocycles. The standard InChI is InChI=1S/C14H14BrClO/c1-8-7-13(16)9(2)6-12(8)14(15)11-4-5-17-10(11)3/h4-7,14H,1-3H3. The van der Waals surface area contributed by atoms with Crippen molar-refractivity contribution in [2.45, 2.75) is 25.6 Å². The zero-order chi connectivity index (χ0) is 12.6. The van der Waals surface area contributed by atoms with Crippen LogP contribution in [0.25, 0.3) is 0 Å². The molecule has 0 aliphatic carbocycles. The summed E-state index contributed by atoms with van der Waals surface area (Å²) in [7, 11) is 0. The van der Waals surface area contributed by atoms with E-state index in [1.165, 1.54) is 11.1 Å². The molecule has 2 aromatic rings. The molecular formula is C14H14BrClO. The average molecular weight is 314 g/mol. The summed E-state index contributed by atoms with van der Waals surface area (Å²) in [6.45, 7) is 6.07. The molecule has 0 N–H and O–H groups in total. The molecule has 0 fully saturated rings. The Bertz CT molecular complexity index is 545. The van der Waals surface area contributed by atoms with Gasteiger partial charge in [-0.3, -0.25) is 0 Å². The van der Waals surface area contributed by atoms with Gasteiger partial charge in [-0.25, -0.2) is 0 Å². The van der Waals surface area contributed by atoms with Crippen LogP contribution < -0.4 is 0 Å². The average Bonchev–Trinajstić information content (AvgIpc) is 2.69. The molecule has 1 aromatic heterocycles. The minimum atomic E-state index is 0.150. The van der Waals surface area contributed by atoms with Crippen molar-refractivity contribution in [3.8, 4) is 0 Å². The van der Waals surface area contributed by atoms with Crippen molar-refractivity contribution in [1.29, 1.82) is 0 Å². The Hall–Kier alpha value is -0.730. The number of halogens is 2. The van der Waals surface area contributed by atoms with Gasteiger partial charge in [-0.2, -0.15) is 0 Å². The minimum absolute atomic E-state index is 0.150. The molecule has 2 rings (SSSR count). The van der Waals surface area contributed by atoms with Crippen molar-refractivity contribution in [1.82, 2.24) is 0 Å². The summed E-state index contributed by atoms with van der Waals surface area (Å²) < 4.78 is 5.34. The zero-order valence-corrected chi connectivity index (χ0v) is 12.4. The second-order valence-electron chi connectivity index (χ2n) is 4.25. The fraction of sp³-hybridized carbons (Fsp3) is 0.286. The second-order valence-corrected chi connectivity index (χ2v) is 5.58. The molecule has 0 saturated heterocycles. The van der Waals surface area contributed by atoms with Crippen LogP contribution in [-0.2, 0) is 0 Å². The first kappa shape index (κ1) is 12.7. The van der Waals surface area contributed by atoms with Gasteiger partial charge >= 0.3 is 0 Å². The zero-order valence-electron chi connectivity index (χ0n) is 10.1. The molecule has 1 nitrogen and oxygen atoms in total. The van der Waals surface area contributed by atoms with Crippen molar-refractivity contribution >= 4 is 27.5 Å². The molecule has 3 heteroatoms. The minimum Gasteiger partial charge on any atom is -0.469 e. The van der Waals surface area contributed by atoms with Crippen LogP contribution in [0.2, 0.25) is 5.02 Å². The second kappa shape index (κ2) is 4.87. The van der Waals surface area contributed by atoms with E-state index in [1.54, 1.807) is 6.26 Å². The lowest BCUT2D eigenvalue weighted by molar-refractivity contribution is 0.530. The van der Waals surface area contributed by atoms with Crippen LogP contribution in [-0.4, -0.2) is 0 Å². The molecule has 0 radical (unpaired) electrons. The number of aryl methyl sites for hydroxylation is 3. The largest absolute Gasteiger partial charge is 0.469 e. The van der Waals surface area contributed by atoms with Crippen molar-refractivity contribution in [2.24, 2.45) is 0 Å². The van der Waals surface area contributed by atoms with Gasteiger partial charge in [0.15, 0.2) is 0 Å². The summed E-state index contributed by atoms with van der Waals surface area (Å²) in [5.41, 5.74) is 4.67. The summed E-state index contributed by atoms with van der Waals surface area (Å²) >= 11 is 9.84. The normalized spacial score (nSPS) is 12.8. The van der Waals surface area contributed by atoms with Gasteiger partial charge in [-0.05, 0) is 49.6 Å². The van der Waals surface area contributed by atoms with Gasteiger partial charge in [0.25, 0.3) is 0 Å². The van der Waals surface area contributed by atoms with E-state index < -0.39 is 0 Å². The first-order valence-corrected chi connectivity index (χ1v) is 6.74. The van der Waals surface area contributed by atoms with Gasteiger partial charge in [0, 0.05) is 10.6 Å². The Balaban J connectivity index is 2.48. The van der Waals surface area contributed by atoms with E-state index in [-0.39, 0.29) is 4.83 Å². The van der Waals surface area contributed by atoms with Crippen LogP contribution in [0.3, 0.4) is 0 Å². The smallest absolute Gasteiger partial charge is 0.105 e. The molecule has 0 spiro atoms. The third-order valence-corrected chi connectivity index (χ3v) is 4.39.